The van der Waals surface area contributed by atoms with Crippen LogP contribution in [-0.4, -0.2) is 34.3 Å². The van der Waals surface area contributed by atoms with Gasteiger partial charge in [0, 0.05) is 11.9 Å². The van der Waals surface area contributed by atoms with E-state index in [0.717, 1.165) is 6.42 Å². The van der Waals surface area contributed by atoms with Crippen LogP contribution in [0.4, 0.5) is 19.0 Å². The maximum atomic E-state index is 13.2. The summed E-state index contributed by atoms with van der Waals surface area (Å²) >= 11 is 0. The third-order valence-corrected chi connectivity index (χ3v) is 4.32. The Kier molecular flexibility index (Phi) is 3.38. The first-order chi connectivity index (χ1) is 11.5. The second kappa shape index (κ2) is 5.34. The minimum absolute atomic E-state index is 0.0973. The average molecular weight is 337 g/mol. The van der Waals surface area contributed by atoms with Gasteiger partial charge in [-0.2, -0.15) is 13.2 Å². The lowest BCUT2D eigenvalue weighted by Gasteiger charge is -2.24. The van der Waals surface area contributed by atoms with Gasteiger partial charge in [0.1, 0.15) is 11.1 Å². The lowest BCUT2D eigenvalue weighted by molar-refractivity contribution is -0.144. The Labute approximate surface area is 134 Å². The van der Waals surface area contributed by atoms with E-state index >= 15 is 0 Å². The fourth-order valence-corrected chi connectivity index (χ4v) is 3.20. The summed E-state index contributed by atoms with van der Waals surface area (Å²) in [6, 6.07) is 6.55. The van der Waals surface area contributed by atoms with Crippen molar-refractivity contribution in [3.63, 3.8) is 0 Å². The highest BCUT2D eigenvalue weighted by atomic mass is 19.4. The Hall–Kier alpha value is -2.35. The number of hydrogen-bond acceptors (Lipinski definition) is 5. The highest BCUT2D eigenvalue weighted by molar-refractivity contribution is 6.05. The van der Waals surface area contributed by atoms with E-state index in [4.69, 9.17) is 4.42 Å². The van der Waals surface area contributed by atoms with Crippen molar-refractivity contribution in [2.24, 2.45) is 0 Å². The predicted octanol–water partition coefficient (Wildman–Crippen LogP) is 3.36. The second-order valence-electron chi connectivity index (χ2n) is 5.82. The number of halogens is 3. The number of aliphatic hydroxyl groups excluding tert-OH is 1. The van der Waals surface area contributed by atoms with Gasteiger partial charge in [0.25, 0.3) is 0 Å². The first-order valence-corrected chi connectivity index (χ1v) is 7.63. The molecule has 1 aliphatic rings. The molecule has 5 nitrogen and oxygen atoms in total. The van der Waals surface area contributed by atoms with Gasteiger partial charge in [-0.3, -0.25) is 0 Å². The lowest BCUT2D eigenvalue weighted by Crippen LogP contribution is -2.33. The molecule has 1 aliphatic heterocycles. The van der Waals surface area contributed by atoms with E-state index in [9.17, 15) is 18.3 Å². The fraction of sp³-hybridized carbons (Fsp3) is 0.375. The van der Waals surface area contributed by atoms with E-state index in [-0.39, 0.29) is 29.6 Å². The summed E-state index contributed by atoms with van der Waals surface area (Å²) < 4.78 is 45.5. The maximum Gasteiger partial charge on any atom is 0.451 e. The van der Waals surface area contributed by atoms with Gasteiger partial charge in [-0.15, -0.1) is 0 Å². The van der Waals surface area contributed by atoms with Gasteiger partial charge in [0.2, 0.25) is 5.82 Å². The molecule has 1 saturated heterocycles. The summed E-state index contributed by atoms with van der Waals surface area (Å²) in [6.07, 6.45) is -3.18. The third-order valence-electron chi connectivity index (χ3n) is 4.32. The van der Waals surface area contributed by atoms with E-state index in [1.165, 1.54) is 0 Å². The molecule has 0 spiro atoms. The highest BCUT2D eigenvalue weighted by Crippen LogP contribution is 2.38. The van der Waals surface area contributed by atoms with Crippen molar-refractivity contribution in [3.8, 4) is 0 Å². The minimum Gasteiger partial charge on any atom is -0.450 e. The summed E-state index contributed by atoms with van der Waals surface area (Å²) in [4.78, 5) is 9.11. The molecule has 126 valence electrons. The molecule has 8 heteroatoms. The SMILES string of the molecule is OC[C@@H]1CCCN1c1nc(C(F)(F)F)nc2c1oc1ccccc12. The predicted molar refractivity (Wildman–Crippen MR) is 81.8 cm³/mol. The van der Waals surface area contributed by atoms with Crippen molar-refractivity contribution in [2.45, 2.75) is 25.1 Å². The van der Waals surface area contributed by atoms with Crippen molar-refractivity contribution in [2.75, 3.05) is 18.1 Å². The Balaban J connectivity index is 2.03. The van der Waals surface area contributed by atoms with Gasteiger partial charge in [-0.25, -0.2) is 9.97 Å². The number of anilines is 1. The topological polar surface area (TPSA) is 62.4 Å². The van der Waals surface area contributed by atoms with Crippen molar-refractivity contribution < 1.29 is 22.7 Å². The molecule has 0 aliphatic carbocycles. The molecular weight excluding hydrogens is 323 g/mol. The number of aromatic nitrogens is 2. The van der Waals surface area contributed by atoms with Crippen LogP contribution in [0.3, 0.4) is 0 Å². The first-order valence-electron chi connectivity index (χ1n) is 7.63. The molecule has 1 fully saturated rings. The molecule has 0 bridgehead atoms. The van der Waals surface area contributed by atoms with Crippen LogP contribution in [0, 0.1) is 0 Å². The first kappa shape index (κ1) is 15.2. The van der Waals surface area contributed by atoms with Gasteiger partial charge < -0.3 is 14.4 Å². The van der Waals surface area contributed by atoms with E-state index in [1.807, 2.05) is 0 Å². The number of hydrogen-bond donors (Lipinski definition) is 1. The van der Waals surface area contributed by atoms with Crippen molar-refractivity contribution in [1.82, 2.24) is 9.97 Å². The summed E-state index contributed by atoms with van der Waals surface area (Å²) in [5, 5.41) is 10.0. The Morgan fingerprint density at radius 3 is 2.79 bits per heavy atom. The van der Waals surface area contributed by atoms with Gasteiger partial charge in [0.15, 0.2) is 11.4 Å². The van der Waals surface area contributed by atoms with Crippen LogP contribution in [0.1, 0.15) is 18.7 Å². The molecule has 0 radical (unpaired) electrons. The highest BCUT2D eigenvalue weighted by Gasteiger charge is 2.38. The quantitative estimate of drug-likeness (QED) is 0.777. The molecule has 4 rings (SSSR count). The molecule has 0 saturated carbocycles. The second-order valence-corrected chi connectivity index (χ2v) is 5.82. The molecule has 0 amide bonds. The summed E-state index contributed by atoms with van der Waals surface area (Å²) in [5.41, 5.74) is 0.832. The minimum atomic E-state index is -4.66. The smallest absolute Gasteiger partial charge is 0.450 e. The van der Waals surface area contributed by atoms with Crippen molar-refractivity contribution >= 4 is 27.9 Å². The van der Waals surface area contributed by atoms with E-state index < -0.39 is 12.0 Å². The maximum absolute atomic E-state index is 13.2. The zero-order chi connectivity index (χ0) is 16.9. The number of nitrogens with zero attached hydrogens (tertiary/aromatic N) is 3. The molecular formula is C16H14F3N3O2. The standard InChI is InChI=1S/C16H14F3N3O2/c17-16(18,19)15-20-12-10-5-1-2-6-11(10)24-13(12)14(21-15)22-7-3-4-9(22)8-23/h1-2,5-6,9,23H,3-4,7-8H2/t9-/m0/s1. The molecule has 1 N–H and O–H groups in total. The summed E-state index contributed by atoms with van der Waals surface area (Å²) in [6.45, 7) is 0.374. The number of para-hydroxylation sites is 1. The number of fused-ring (bicyclic) bond motifs is 3. The van der Waals surface area contributed by atoms with Gasteiger partial charge >= 0.3 is 6.18 Å². The molecule has 24 heavy (non-hydrogen) atoms. The average Bonchev–Trinajstić information content (AvgIpc) is 3.17. The van der Waals surface area contributed by atoms with Crippen LogP contribution < -0.4 is 4.90 Å². The van der Waals surface area contributed by atoms with Gasteiger partial charge in [-0.05, 0) is 25.0 Å². The normalized spacial score (nSPS) is 18.8. The number of rotatable bonds is 2. The zero-order valence-corrected chi connectivity index (χ0v) is 12.5. The zero-order valence-electron chi connectivity index (χ0n) is 12.5. The lowest BCUT2D eigenvalue weighted by atomic mass is 10.2. The van der Waals surface area contributed by atoms with E-state index in [2.05, 4.69) is 9.97 Å². The van der Waals surface area contributed by atoms with E-state index in [0.29, 0.717) is 23.9 Å². The number of benzene rings is 1. The Morgan fingerprint density at radius 1 is 1.25 bits per heavy atom. The summed E-state index contributed by atoms with van der Waals surface area (Å²) in [7, 11) is 0. The number of furan rings is 1. The van der Waals surface area contributed by atoms with Crippen LogP contribution >= 0.6 is 0 Å². The largest absolute Gasteiger partial charge is 0.451 e. The number of alkyl halides is 3. The third kappa shape index (κ3) is 2.29. The van der Waals surface area contributed by atoms with Crippen LogP contribution in [0.2, 0.25) is 0 Å². The summed E-state index contributed by atoms with van der Waals surface area (Å²) in [5.74, 6) is -1.10. The Bertz CT molecular complexity index is 907. The van der Waals surface area contributed by atoms with Crippen LogP contribution in [0.15, 0.2) is 28.7 Å². The molecule has 3 aromatic rings. The molecule has 3 heterocycles. The van der Waals surface area contributed by atoms with Gasteiger partial charge in [0.05, 0.1) is 12.6 Å². The fourth-order valence-electron chi connectivity index (χ4n) is 3.20. The van der Waals surface area contributed by atoms with Crippen LogP contribution in [0.25, 0.3) is 22.1 Å². The molecule has 2 aromatic heterocycles. The molecule has 0 unspecified atom stereocenters. The number of aliphatic hydroxyl groups is 1. The van der Waals surface area contributed by atoms with Crippen LogP contribution in [0.5, 0.6) is 0 Å². The van der Waals surface area contributed by atoms with Crippen molar-refractivity contribution in [3.05, 3.63) is 30.1 Å². The van der Waals surface area contributed by atoms with Gasteiger partial charge in [-0.1, -0.05) is 12.1 Å². The molecule has 1 atom stereocenters. The molecule has 1 aromatic carbocycles. The van der Waals surface area contributed by atoms with Crippen molar-refractivity contribution in [1.29, 1.82) is 0 Å². The monoisotopic (exact) mass is 337 g/mol. The van der Waals surface area contributed by atoms with E-state index in [1.54, 1.807) is 29.2 Å². The van der Waals surface area contributed by atoms with Crippen LogP contribution in [-0.2, 0) is 6.18 Å². The Morgan fingerprint density at radius 2 is 2.04 bits per heavy atom.